The van der Waals surface area contributed by atoms with E-state index in [0.29, 0.717) is 10.0 Å². The summed E-state index contributed by atoms with van der Waals surface area (Å²) in [5, 5.41) is 8.77. The summed E-state index contributed by atoms with van der Waals surface area (Å²) in [5.41, 5.74) is 0.418. The van der Waals surface area contributed by atoms with Gasteiger partial charge in [-0.15, -0.1) is 6.58 Å². The normalized spacial score (nSPS) is 9.89. The van der Waals surface area contributed by atoms with E-state index in [4.69, 9.17) is 5.11 Å². The van der Waals surface area contributed by atoms with E-state index in [1.807, 2.05) is 0 Å². The minimum atomic E-state index is -1.06. The molecule has 0 aromatic heterocycles. The van der Waals surface area contributed by atoms with Crippen LogP contribution < -0.4 is 0 Å². The van der Waals surface area contributed by atoms with Gasteiger partial charge in [0, 0.05) is 15.5 Å². The third kappa shape index (κ3) is 3.96. The molecule has 1 aromatic rings. The lowest BCUT2D eigenvalue weighted by atomic mass is 10.2. The molecule has 0 atom stereocenters. The number of halogens is 2. The molecule has 0 aliphatic carbocycles. The van der Waals surface area contributed by atoms with Gasteiger partial charge in [-0.3, -0.25) is 9.59 Å². The van der Waals surface area contributed by atoms with Gasteiger partial charge in [-0.25, -0.2) is 0 Å². The van der Waals surface area contributed by atoms with E-state index in [1.54, 1.807) is 18.2 Å². The van der Waals surface area contributed by atoms with E-state index in [2.05, 4.69) is 38.4 Å². The molecule has 18 heavy (non-hydrogen) atoms. The van der Waals surface area contributed by atoms with Crippen molar-refractivity contribution in [3.8, 4) is 0 Å². The Kier molecular flexibility index (Phi) is 5.55. The fourth-order valence-electron chi connectivity index (χ4n) is 1.37. The zero-order valence-electron chi connectivity index (χ0n) is 9.40. The molecule has 0 radical (unpaired) electrons. The Balaban J connectivity index is 3.01. The molecule has 0 bridgehead atoms. The molecule has 0 aliphatic rings. The predicted octanol–water partition coefficient (Wildman–Crippen LogP) is 2.92. The summed E-state index contributed by atoms with van der Waals surface area (Å²) in [6, 6.07) is 5.10. The first kappa shape index (κ1) is 14.9. The number of carbonyl (C=O) groups is 2. The van der Waals surface area contributed by atoms with Gasteiger partial charge in [-0.2, -0.15) is 0 Å². The van der Waals surface area contributed by atoms with Gasteiger partial charge in [0.05, 0.1) is 5.56 Å². The molecule has 0 saturated heterocycles. The molecule has 1 amide bonds. The maximum absolute atomic E-state index is 12.2. The van der Waals surface area contributed by atoms with Gasteiger partial charge in [0.15, 0.2) is 0 Å². The van der Waals surface area contributed by atoms with Crippen molar-refractivity contribution in [3.63, 3.8) is 0 Å². The van der Waals surface area contributed by atoms with Crippen LogP contribution in [0.5, 0.6) is 0 Å². The lowest BCUT2D eigenvalue weighted by Crippen LogP contribution is -2.35. The first-order valence-electron chi connectivity index (χ1n) is 5.02. The summed E-state index contributed by atoms with van der Waals surface area (Å²) in [7, 11) is 0. The number of benzene rings is 1. The quantitative estimate of drug-likeness (QED) is 0.804. The molecule has 0 spiro atoms. The zero-order valence-corrected chi connectivity index (χ0v) is 12.6. The van der Waals surface area contributed by atoms with Crippen LogP contribution in [0.2, 0.25) is 0 Å². The Labute approximate surface area is 122 Å². The Morgan fingerprint density at radius 2 is 2.06 bits per heavy atom. The lowest BCUT2D eigenvalue weighted by Gasteiger charge is -2.19. The highest BCUT2D eigenvalue weighted by Gasteiger charge is 2.19. The largest absolute Gasteiger partial charge is 0.480 e. The van der Waals surface area contributed by atoms with E-state index in [-0.39, 0.29) is 19.0 Å². The van der Waals surface area contributed by atoms with Crippen molar-refractivity contribution in [3.05, 3.63) is 45.4 Å². The molecular weight excluding hydrogens is 366 g/mol. The Morgan fingerprint density at radius 1 is 1.39 bits per heavy atom. The van der Waals surface area contributed by atoms with Crippen LogP contribution in [0.15, 0.2) is 39.8 Å². The fraction of sp³-hybridized carbons (Fsp3) is 0.167. The number of carboxylic acids is 1. The summed E-state index contributed by atoms with van der Waals surface area (Å²) in [4.78, 5) is 24.1. The number of carbonyl (C=O) groups excluding carboxylic acids is 1. The number of hydrogen-bond donors (Lipinski definition) is 1. The number of aliphatic carboxylic acids is 1. The van der Waals surface area contributed by atoms with E-state index in [1.165, 1.54) is 11.0 Å². The topological polar surface area (TPSA) is 57.6 Å². The standard InChI is InChI=1S/C12H11Br2NO3/c1-2-5-15(7-11(16)17)12(18)9-4-3-8(13)6-10(9)14/h2-4,6H,1,5,7H2,(H,16,17). The van der Waals surface area contributed by atoms with E-state index in [9.17, 15) is 9.59 Å². The number of hydrogen-bond acceptors (Lipinski definition) is 2. The minimum Gasteiger partial charge on any atom is -0.480 e. The van der Waals surface area contributed by atoms with Gasteiger partial charge in [-0.1, -0.05) is 22.0 Å². The van der Waals surface area contributed by atoms with Gasteiger partial charge in [0.2, 0.25) is 0 Å². The van der Waals surface area contributed by atoms with Gasteiger partial charge >= 0.3 is 5.97 Å². The first-order valence-corrected chi connectivity index (χ1v) is 6.61. The second kappa shape index (κ2) is 6.70. The summed E-state index contributed by atoms with van der Waals surface area (Å²) in [5.74, 6) is -1.41. The van der Waals surface area contributed by atoms with Crippen LogP contribution >= 0.6 is 31.9 Å². The SMILES string of the molecule is C=CCN(CC(=O)O)C(=O)c1ccc(Br)cc1Br. The van der Waals surface area contributed by atoms with Crippen molar-refractivity contribution in [2.24, 2.45) is 0 Å². The van der Waals surface area contributed by atoms with E-state index in [0.717, 1.165) is 4.47 Å². The van der Waals surface area contributed by atoms with Crippen molar-refractivity contribution in [2.75, 3.05) is 13.1 Å². The van der Waals surface area contributed by atoms with Gasteiger partial charge in [0.25, 0.3) is 5.91 Å². The maximum atomic E-state index is 12.2. The molecular formula is C12H11Br2NO3. The molecule has 4 nitrogen and oxygen atoms in total. The van der Waals surface area contributed by atoms with Crippen molar-refractivity contribution in [1.82, 2.24) is 4.90 Å². The van der Waals surface area contributed by atoms with Crippen molar-refractivity contribution >= 4 is 43.7 Å². The summed E-state index contributed by atoms with van der Waals surface area (Å²) in [6.07, 6.45) is 1.49. The van der Waals surface area contributed by atoms with Crippen LogP contribution in [-0.2, 0) is 4.79 Å². The monoisotopic (exact) mass is 375 g/mol. The average molecular weight is 377 g/mol. The summed E-state index contributed by atoms with van der Waals surface area (Å²) >= 11 is 6.57. The van der Waals surface area contributed by atoms with Crippen molar-refractivity contribution in [1.29, 1.82) is 0 Å². The van der Waals surface area contributed by atoms with Gasteiger partial charge < -0.3 is 10.0 Å². The Hall–Kier alpha value is -1.14. The van der Waals surface area contributed by atoms with Crippen LogP contribution in [0.1, 0.15) is 10.4 Å². The molecule has 1 rings (SSSR count). The van der Waals surface area contributed by atoms with Crippen molar-refractivity contribution in [2.45, 2.75) is 0 Å². The highest BCUT2D eigenvalue weighted by atomic mass is 79.9. The second-order valence-electron chi connectivity index (χ2n) is 3.49. The lowest BCUT2D eigenvalue weighted by molar-refractivity contribution is -0.137. The molecule has 0 fully saturated rings. The van der Waals surface area contributed by atoms with Crippen LogP contribution in [0.4, 0.5) is 0 Å². The van der Waals surface area contributed by atoms with Crippen molar-refractivity contribution < 1.29 is 14.7 Å². The third-order valence-electron chi connectivity index (χ3n) is 2.12. The number of amides is 1. The molecule has 0 aliphatic heterocycles. The molecule has 0 heterocycles. The minimum absolute atomic E-state index is 0.188. The third-order valence-corrected chi connectivity index (χ3v) is 3.27. The van der Waals surface area contributed by atoms with E-state index < -0.39 is 5.97 Å². The maximum Gasteiger partial charge on any atom is 0.323 e. The zero-order chi connectivity index (χ0) is 13.7. The van der Waals surface area contributed by atoms with Crippen LogP contribution in [0.25, 0.3) is 0 Å². The second-order valence-corrected chi connectivity index (χ2v) is 5.26. The number of rotatable bonds is 5. The smallest absolute Gasteiger partial charge is 0.323 e. The number of nitrogens with zero attached hydrogens (tertiary/aromatic N) is 1. The predicted molar refractivity (Wildman–Crippen MR) is 75.6 cm³/mol. The molecule has 0 saturated carbocycles. The van der Waals surface area contributed by atoms with Gasteiger partial charge in [-0.05, 0) is 34.1 Å². The highest BCUT2D eigenvalue weighted by molar-refractivity contribution is 9.11. The van der Waals surface area contributed by atoms with Gasteiger partial charge in [0.1, 0.15) is 6.54 Å². The molecule has 0 unspecified atom stereocenters. The van der Waals surface area contributed by atoms with E-state index >= 15 is 0 Å². The molecule has 1 N–H and O–H groups in total. The first-order chi connectivity index (χ1) is 8.45. The fourth-order valence-corrected chi connectivity index (χ4v) is 2.59. The highest BCUT2D eigenvalue weighted by Crippen LogP contribution is 2.23. The van der Waals surface area contributed by atoms with Crippen LogP contribution in [-0.4, -0.2) is 35.0 Å². The molecule has 96 valence electrons. The summed E-state index contributed by atoms with van der Waals surface area (Å²) in [6.45, 7) is 3.35. The van der Waals surface area contributed by atoms with Crippen LogP contribution in [0.3, 0.4) is 0 Å². The number of carboxylic acid groups (broad SMARTS) is 1. The Morgan fingerprint density at radius 3 is 2.56 bits per heavy atom. The molecule has 6 heteroatoms. The Bertz CT molecular complexity index is 488. The molecule has 1 aromatic carbocycles. The average Bonchev–Trinajstić information content (AvgIpc) is 2.27. The summed E-state index contributed by atoms with van der Waals surface area (Å²) < 4.78 is 1.45. The van der Waals surface area contributed by atoms with Crippen LogP contribution in [0, 0.1) is 0 Å².